The number of anilines is 1. The smallest absolute Gasteiger partial charge is 0.341 e. The van der Waals surface area contributed by atoms with Gasteiger partial charge in [0.05, 0.1) is 6.54 Å². The number of aliphatic carboxylic acids is 1. The van der Waals surface area contributed by atoms with Crippen LogP contribution in [0.25, 0.3) is 0 Å². The Bertz CT molecular complexity index is 744. The molecule has 1 aromatic heterocycles. The van der Waals surface area contributed by atoms with E-state index in [4.69, 9.17) is 9.84 Å². The van der Waals surface area contributed by atoms with Gasteiger partial charge in [0.15, 0.2) is 12.4 Å². The van der Waals surface area contributed by atoms with Gasteiger partial charge in [0.2, 0.25) is 0 Å². The lowest BCUT2D eigenvalue weighted by Crippen LogP contribution is -2.48. The van der Waals surface area contributed by atoms with Gasteiger partial charge in [-0.05, 0) is 30.3 Å². The molecule has 0 unspecified atom stereocenters. The third-order valence-electron chi connectivity index (χ3n) is 4.17. The second-order valence-corrected chi connectivity index (χ2v) is 5.96. The largest absolute Gasteiger partial charge is 0.482 e. The monoisotopic (exact) mass is 356 g/mol. The molecular weight excluding hydrogens is 336 g/mol. The van der Waals surface area contributed by atoms with E-state index in [0.717, 1.165) is 32.0 Å². The molecule has 1 fully saturated rings. The van der Waals surface area contributed by atoms with E-state index in [-0.39, 0.29) is 5.78 Å². The fraction of sp³-hybridized carbons (Fsp3) is 0.333. The van der Waals surface area contributed by atoms with Gasteiger partial charge < -0.3 is 14.7 Å². The van der Waals surface area contributed by atoms with E-state index < -0.39 is 12.6 Å². The van der Waals surface area contributed by atoms with Crippen LogP contribution in [0.1, 0.15) is 10.4 Å². The highest BCUT2D eigenvalue weighted by Gasteiger charge is 2.20. The zero-order valence-electron chi connectivity index (χ0n) is 14.2. The topological polar surface area (TPSA) is 95.9 Å². The van der Waals surface area contributed by atoms with E-state index in [9.17, 15) is 9.59 Å². The number of hydrogen-bond acceptors (Lipinski definition) is 7. The quantitative estimate of drug-likeness (QED) is 0.733. The molecule has 8 nitrogen and oxygen atoms in total. The fourth-order valence-corrected chi connectivity index (χ4v) is 2.78. The second-order valence-electron chi connectivity index (χ2n) is 5.96. The number of carboxylic acid groups (broad SMARTS) is 1. The number of nitrogens with zero attached hydrogens (tertiary/aromatic N) is 4. The molecule has 0 amide bonds. The van der Waals surface area contributed by atoms with Gasteiger partial charge in [-0.2, -0.15) is 0 Å². The van der Waals surface area contributed by atoms with E-state index in [1.54, 1.807) is 30.5 Å². The molecule has 0 spiro atoms. The Kier molecular flexibility index (Phi) is 5.75. The molecule has 0 atom stereocenters. The summed E-state index contributed by atoms with van der Waals surface area (Å²) in [7, 11) is 0. The third kappa shape index (κ3) is 4.76. The van der Waals surface area contributed by atoms with Gasteiger partial charge in [0.1, 0.15) is 17.9 Å². The summed E-state index contributed by atoms with van der Waals surface area (Å²) in [6.07, 6.45) is 3.26. The van der Waals surface area contributed by atoms with Crippen LogP contribution in [-0.4, -0.2) is 71.1 Å². The number of benzene rings is 1. The van der Waals surface area contributed by atoms with Gasteiger partial charge in [-0.1, -0.05) is 0 Å². The van der Waals surface area contributed by atoms with Gasteiger partial charge >= 0.3 is 5.97 Å². The molecule has 1 saturated heterocycles. The van der Waals surface area contributed by atoms with Crippen LogP contribution in [-0.2, 0) is 4.79 Å². The maximum Gasteiger partial charge on any atom is 0.341 e. The minimum atomic E-state index is -1.04. The first-order valence-corrected chi connectivity index (χ1v) is 8.33. The van der Waals surface area contributed by atoms with Crippen LogP contribution < -0.4 is 9.64 Å². The summed E-state index contributed by atoms with van der Waals surface area (Å²) in [5.41, 5.74) is 0.589. The molecule has 26 heavy (non-hydrogen) atoms. The lowest BCUT2D eigenvalue weighted by atomic mass is 10.1. The number of ether oxygens (including phenoxy) is 1. The Hall–Kier alpha value is -3.00. The Balaban J connectivity index is 1.49. The highest BCUT2D eigenvalue weighted by atomic mass is 16.5. The van der Waals surface area contributed by atoms with Gasteiger partial charge in [-0.15, -0.1) is 0 Å². The Labute approximate surface area is 151 Å². The second kappa shape index (κ2) is 8.39. The van der Waals surface area contributed by atoms with Crippen molar-refractivity contribution in [3.8, 4) is 5.75 Å². The number of aromatic nitrogens is 2. The van der Waals surface area contributed by atoms with E-state index in [2.05, 4.69) is 19.8 Å². The first kappa shape index (κ1) is 17.8. The Morgan fingerprint density at radius 1 is 1.08 bits per heavy atom. The molecule has 0 bridgehead atoms. The maximum atomic E-state index is 12.4. The number of piperazine rings is 1. The first-order valence-electron chi connectivity index (χ1n) is 8.33. The lowest BCUT2D eigenvalue weighted by Gasteiger charge is -2.34. The summed E-state index contributed by atoms with van der Waals surface area (Å²) in [4.78, 5) is 35.4. The van der Waals surface area contributed by atoms with Crippen molar-refractivity contribution in [2.45, 2.75) is 0 Å². The minimum absolute atomic E-state index is 0.0327. The number of carboxylic acids is 1. The molecule has 2 heterocycles. The number of Topliss-reactive ketones (excluding diaryl/α,β-unsaturated/α-hetero) is 1. The highest BCUT2D eigenvalue weighted by Crippen LogP contribution is 2.15. The van der Waals surface area contributed by atoms with E-state index in [0.29, 0.717) is 17.9 Å². The molecule has 8 heteroatoms. The van der Waals surface area contributed by atoms with Crippen molar-refractivity contribution in [1.82, 2.24) is 14.9 Å². The first-order chi connectivity index (χ1) is 12.6. The minimum Gasteiger partial charge on any atom is -0.482 e. The van der Waals surface area contributed by atoms with Crippen LogP contribution >= 0.6 is 0 Å². The number of carbonyl (C=O) groups is 2. The van der Waals surface area contributed by atoms with Crippen molar-refractivity contribution < 1.29 is 19.4 Å². The predicted molar refractivity (Wildman–Crippen MR) is 94.6 cm³/mol. The van der Waals surface area contributed by atoms with Crippen molar-refractivity contribution in [2.24, 2.45) is 0 Å². The summed E-state index contributed by atoms with van der Waals surface area (Å²) in [6.45, 7) is 3.15. The maximum absolute atomic E-state index is 12.4. The van der Waals surface area contributed by atoms with Gasteiger partial charge in [0.25, 0.3) is 0 Å². The Morgan fingerprint density at radius 2 is 1.81 bits per heavy atom. The number of ketones is 1. The zero-order valence-corrected chi connectivity index (χ0v) is 14.2. The van der Waals surface area contributed by atoms with Crippen molar-refractivity contribution in [2.75, 3.05) is 44.2 Å². The summed E-state index contributed by atoms with van der Waals surface area (Å²) in [6, 6.07) is 8.44. The highest BCUT2D eigenvalue weighted by molar-refractivity contribution is 5.97. The third-order valence-corrected chi connectivity index (χ3v) is 4.17. The van der Waals surface area contributed by atoms with E-state index in [1.165, 1.54) is 6.33 Å². The SMILES string of the molecule is O=C(O)COc1ccc(C(=O)CN2CCN(c3ccncn3)CC2)cc1. The molecule has 0 saturated carbocycles. The lowest BCUT2D eigenvalue weighted by molar-refractivity contribution is -0.139. The van der Waals surface area contributed by atoms with Crippen LogP contribution in [0.3, 0.4) is 0 Å². The average molecular weight is 356 g/mol. The molecule has 3 rings (SSSR count). The molecule has 2 aromatic rings. The molecule has 1 aliphatic heterocycles. The van der Waals surface area contributed by atoms with Crippen molar-refractivity contribution in [1.29, 1.82) is 0 Å². The van der Waals surface area contributed by atoms with Crippen LogP contribution in [0.15, 0.2) is 42.9 Å². The summed E-state index contributed by atoms with van der Waals surface area (Å²) < 4.78 is 5.07. The molecule has 1 aromatic carbocycles. The fourth-order valence-electron chi connectivity index (χ4n) is 2.78. The number of hydrogen-bond donors (Lipinski definition) is 1. The number of rotatable bonds is 7. The van der Waals surface area contributed by atoms with Gasteiger partial charge in [0, 0.05) is 37.9 Å². The van der Waals surface area contributed by atoms with Crippen LogP contribution in [0.5, 0.6) is 5.75 Å². The molecule has 0 aliphatic carbocycles. The average Bonchev–Trinajstić information content (AvgIpc) is 2.68. The van der Waals surface area contributed by atoms with Crippen molar-refractivity contribution in [3.05, 3.63) is 48.4 Å². The van der Waals surface area contributed by atoms with E-state index in [1.807, 2.05) is 6.07 Å². The standard InChI is InChI=1S/C18H20N4O4/c23-16(14-1-3-15(4-2-14)26-12-18(24)25)11-21-7-9-22(10-8-21)17-5-6-19-13-20-17/h1-6,13H,7-12H2,(H,24,25). The number of carbonyl (C=O) groups excluding carboxylic acids is 1. The van der Waals surface area contributed by atoms with E-state index >= 15 is 0 Å². The van der Waals surface area contributed by atoms with Crippen LogP contribution in [0.2, 0.25) is 0 Å². The molecule has 136 valence electrons. The van der Waals surface area contributed by atoms with Crippen molar-refractivity contribution in [3.63, 3.8) is 0 Å². The summed E-state index contributed by atoms with van der Waals surface area (Å²) >= 11 is 0. The Morgan fingerprint density at radius 3 is 2.42 bits per heavy atom. The van der Waals surface area contributed by atoms with Crippen LogP contribution in [0.4, 0.5) is 5.82 Å². The van der Waals surface area contributed by atoms with Crippen LogP contribution in [0, 0.1) is 0 Å². The summed E-state index contributed by atoms with van der Waals surface area (Å²) in [5, 5.41) is 8.60. The molecule has 1 N–H and O–H groups in total. The molecule has 0 radical (unpaired) electrons. The normalized spacial score (nSPS) is 14.8. The summed E-state index contributed by atoms with van der Waals surface area (Å²) in [5.74, 6) is 0.335. The predicted octanol–water partition coefficient (Wildman–Crippen LogP) is 0.945. The van der Waals surface area contributed by atoms with Gasteiger partial charge in [-0.3, -0.25) is 9.69 Å². The molecule has 1 aliphatic rings. The van der Waals surface area contributed by atoms with Crippen molar-refractivity contribution >= 4 is 17.6 Å². The molecular formula is C18H20N4O4. The van der Waals surface area contributed by atoms with Gasteiger partial charge in [-0.25, -0.2) is 14.8 Å². The zero-order chi connectivity index (χ0) is 18.4.